The Morgan fingerprint density at radius 3 is 2.90 bits per heavy atom. The number of hydrogen-bond acceptors (Lipinski definition) is 2. The molecule has 0 spiro atoms. The molecular formula is C17H19NOS. The lowest BCUT2D eigenvalue weighted by molar-refractivity contribution is 0.0989. The summed E-state index contributed by atoms with van der Waals surface area (Å²) in [6.45, 7) is 5.06. The first-order chi connectivity index (χ1) is 9.70. The maximum atomic E-state index is 12.8. The predicted octanol–water partition coefficient (Wildman–Crippen LogP) is 4.21. The average molecular weight is 285 g/mol. The SMILES string of the molecule is CCc1sc(C(=O)N2CCCc3ccccc32)cc1C. The number of nitrogens with zero attached hydrogens (tertiary/aromatic N) is 1. The van der Waals surface area contributed by atoms with Crippen LogP contribution in [0.1, 0.15) is 39.0 Å². The summed E-state index contributed by atoms with van der Waals surface area (Å²) >= 11 is 1.64. The fourth-order valence-corrected chi connectivity index (χ4v) is 3.92. The Balaban J connectivity index is 1.95. The fourth-order valence-electron chi connectivity index (χ4n) is 2.85. The summed E-state index contributed by atoms with van der Waals surface area (Å²) in [4.78, 5) is 16.9. The normalized spacial score (nSPS) is 14.2. The molecule has 3 rings (SSSR count). The zero-order valence-corrected chi connectivity index (χ0v) is 12.8. The number of fused-ring (bicyclic) bond motifs is 1. The zero-order chi connectivity index (χ0) is 14.1. The van der Waals surface area contributed by atoms with Crippen LogP contribution in [-0.2, 0) is 12.8 Å². The molecule has 20 heavy (non-hydrogen) atoms. The molecule has 0 saturated heterocycles. The Labute approximate surface area is 124 Å². The predicted molar refractivity (Wildman–Crippen MR) is 84.9 cm³/mol. The van der Waals surface area contributed by atoms with Crippen molar-refractivity contribution in [2.24, 2.45) is 0 Å². The molecule has 0 bridgehead atoms. The lowest BCUT2D eigenvalue weighted by Crippen LogP contribution is -2.34. The molecule has 1 aliphatic rings. The van der Waals surface area contributed by atoms with Gasteiger partial charge >= 0.3 is 0 Å². The molecule has 0 unspecified atom stereocenters. The van der Waals surface area contributed by atoms with E-state index < -0.39 is 0 Å². The van der Waals surface area contributed by atoms with Gasteiger partial charge in [0.1, 0.15) is 0 Å². The van der Waals surface area contributed by atoms with Crippen LogP contribution in [0.25, 0.3) is 0 Å². The number of thiophene rings is 1. The van der Waals surface area contributed by atoms with Crippen LogP contribution in [0.3, 0.4) is 0 Å². The van der Waals surface area contributed by atoms with Gasteiger partial charge in [0.25, 0.3) is 5.91 Å². The number of carbonyl (C=O) groups excluding carboxylic acids is 1. The molecule has 0 aliphatic carbocycles. The summed E-state index contributed by atoms with van der Waals surface area (Å²) in [6.07, 6.45) is 3.12. The molecule has 0 fully saturated rings. The molecule has 3 heteroatoms. The third-order valence-electron chi connectivity index (χ3n) is 3.91. The molecule has 104 valence electrons. The van der Waals surface area contributed by atoms with Crippen LogP contribution in [0.4, 0.5) is 5.69 Å². The maximum Gasteiger partial charge on any atom is 0.268 e. The molecule has 1 amide bonds. The quantitative estimate of drug-likeness (QED) is 0.809. The van der Waals surface area contributed by atoms with Crippen LogP contribution in [0.5, 0.6) is 0 Å². The number of carbonyl (C=O) groups is 1. The molecule has 0 N–H and O–H groups in total. The second-order valence-corrected chi connectivity index (χ2v) is 6.40. The molecule has 0 atom stereocenters. The van der Waals surface area contributed by atoms with Crippen molar-refractivity contribution in [3.05, 3.63) is 51.2 Å². The van der Waals surface area contributed by atoms with Gasteiger partial charge in [-0.15, -0.1) is 11.3 Å². The lowest BCUT2D eigenvalue weighted by Gasteiger charge is -2.29. The minimum atomic E-state index is 0.157. The number of aryl methyl sites for hydroxylation is 3. The molecule has 2 nitrogen and oxygen atoms in total. The first kappa shape index (κ1) is 13.4. The topological polar surface area (TPSA) is 20.3 Å². The number of anilines is 1. The van der Waals surface area contributed by atoms with Crippen LogP contribution < -0.4 is 4.90 Å². The molecular weight excluding hydrogens is 266 g/mol. The summed E-state index contributed by atoms with van der Waals surface area (Å²) in [7, 11) is 0. The lowest BCUT2D eigenvalue weighted by atomic mass is 10.0. The van der Waals surface area contributed by atoms with Gasteiger partial charge in [0.15, 0.2) is 0 Å². The van der Waals surface area contributed by atoms with Crippen molar-refractivity contribution in [3.8, 4) is 0 Å². The Morgan fingerprint density at radius 1 is 1.35 bits per heavy atom. The maximum absolute atomic E-state index is 12.8. The molecule has 1 aliphatic heterocycles. The van der Waals surface area contributed by atoms with Gasteiger partial charge in [0.2, 0.25) is 0 Å². The van der Waals surface area contributed by atoms with Gasteiger partial charge in [-0.3, -0.25) is 4.79 Å². The first-order valence-corrected chi connectivity index (χ1v) is 8.01. The van der Waals surface area contributed by atoms with E-state index in [-0.39, 0.29) is 5.91 Å². The van der Waals surface area contributed by atoms with E-state index in [9.17, 15) is 4.79 Å². The van der Waals surface area contributed by atoms with Crippen molar-refractivity contribution < 1.29 is 4.79 Å². The molecule has 1 aromatic heterocycles. The van der Waals surface area contributed by atoms with Crippen molar-refractivity contribution >= 4 is 22.9 Å². The zero-order valence-electron chi connectivity index (χ0n) is 12.0. The van der Waals surface area contributed by atoms with E-state index in [1.165, 1.54) is 16.0 Å². The second-order valence-electron chi connectivity index (χ2n) is 5.26. The largest absolute Gasteiger partial charge is 0.307 e. The van der Waals surface area contributed by atoms with Gasteiger partial charge in [-0.05, 0) is 49.4 Å². The number of benzene rings is 1. The van der Waals surface area contributed by atoms with Crippen LogP contribution in [-0.4, -0.2) is 12.5 Å². The third kappa shape index (κ3) is 2.27. The van der Waals surface area contributed by atoms with Gasteiger partial charge in [-0.25, -0.2) is 0 Å². The van der Waals surface area contributed by atoms with E-state index in [1.54, 1.807) is 11.3 Å². The van der Waals surface area contributed by atoms with Crippen molar-refractivity contribution in [1.82, 2.24) is 0 Å². The minimum Gasteiger partial charge on any atom is -0.307 e. The average Bonchev–Trinajstić information content (AvgIpc) is 2.87. The second kappa shape index (κ2) is 5.41. The molecule has 1 aromatic carbocycles. The smallest absolute Gasteiger partial charge is 0.268 e. The summed E-state index contributed by atoms with van der Waals surface area (Å²) in [6, 6.07) is 10.3. The van der Waals surface area contributed by atoms with E-state index in [4.69, 9.17) is 0 Å². The van der Waals surface area contributed by atoms with Crippen LogP contribution in [0.2, 0.25) is 0 Å². The van der Waals surface area contributed by atoms with Gasteiger partial charge in [0.05, 0.1) is 4.88 Å². The summed E-state index contributed by atoms with van der Waals surface area (Å²) in [5, 5.41) is 0. The first-order valence-electron chi connectivity index (χ1n) is 7.19. The van der Waals surface area contributed by atoms with E-state index in [1.807, 2.05) is 17.0 Å². The van der Waals surface area contributed by atoms with Crippen molar-refractivity contribution in [1.29, 1.82) is 0 Å². The van der Waals surface area contributed by atoms with E-state index in [0.29, 0.717) is 0 Å². The Hall–Kier alpha value is -1.61. The number of para-hydroxylation sites is 1. The highest BCUT2D eigenvalue weighted by Crippen LogP contribution is 2.30. The van der Waals surface area contributed by atoms with Gasteiger partial charge in [-0.1, -0.05) is 25.1 Å². The summed E-state index contributed by atoms with van der Waals surface area (Å²) in [5.41, 5.74) is 3.62. The Kier molecular flexibility index (Phi) is 3.62. The highest BCUT2D eigenvalue weighted by atomic mass is 32.1. The standard InChI is InChI=1S/C17H19NOS/c1-3-15-12(2)11-16(20-15)17(19)18-10-6-8-13-7-4-5-9-14(13)18/h4-5,7,9,11H,3,6,8,10H2,1-2H3. The fraction of sp³-hybridized carbons (Fsp3) is 0.353. The summed E-state index contributed by atoms with van der Waals surface area (Å²) in [5.74, 6) is 0.157. The third-order valence-corrected chi connectivity index (χ3v) is 5.28. The monoisotopic (exact) mass is 285 g/mol. The molecule has 0 saturated carbocycles. The van der Waals surface area contributed by atoms with Crippen LogP contribution in [0, 0.1) is 6.92 Å². The Morgan fingerprint density at radius 2 is 2.15 bits per heavy atom. The highest BCUT2D eigenvalue weighted by molar-refractivity contribution is 7.14. The highest BCUT2D eigenvalue weighted by Gasteiger charge is 2.24. The van der Waals surface area contributed by atoms with Crippen molar-refractivity contribution in [3.63, 3.8) is 0 Å². The van der Waals surface area contributed by atoms with Gasteiger partial charge < -0.3 is 4.90 Å². The van der Waals surface area contributed by atoms with Crippen molar-refractivity contribution in [2.75, 3.05) is 11.4 Å². The number of hydrogen-bond donors (Lipinski definition) is 0. The molecule has 2 aromatic rings. The Bertz CT molecular complexity index is 644. The van der Waals surface area contributed by atoms with Gasteiger partial charge in [0, 0.05) is 17.1 Å². The van der Waals surface area contributed by atoms with Crippen molar-refractivity contribution in [2.45, 2.75) is 33.1 Å². The van der Waals surface area contributed by atoms with Gasteiger partial charge in [-0.2, -0.15) is 0 Å². The van der Waals surface area contributed by atoms with Crippen LogP contribution >= 0.6 is 11.3 Å². The molecule has 2 heterocycles. The van der Waals surface area contributed by atoms with E-state index in [0.717, 1.165) is 36.4 Å². The van der Waals surface area contributed by atoms with E-state index >= 15 is 0 Å². The van der Waals surface area contributed by atoms with Crippen LogP contribution in [0.15, 0.2) is 30.3 Å². The molecule has 0 radical (unpaired) electrons. The van der Waals surface area contributed by atoms with E-state index in [2.05, 4.69) is 32.0 Å². The summed E-state index contributed by atoms with van der Waals surface area (Å²) < 4.78 is 0. The number of amides is 1. The minimum absolute atomic E-state index is 0.157. The number of rotatable bonds is 2.